The Morgan fingerprint density at radius 1 is 1.14 bits per heavy atom. The zero-order valence-corrected chi connectivity index (χ0v) is 12.6. The SMILES string of the molecule is CC(=O)N[C@@H]1[C@@H](O)[C@@H](O)[C@@H](CO)O[C@@H]1CCCCCCN. The van der Waals surface area contributed by atoms with Gasteiger partial charge in [-0.25, -0.2) is 0 Å². The molecule has 0 bridgehead atoms. The topological polar surface area (TPSA) is 125 Å². The van der Waals surface area contributed by atoms with Crippen molar-refractivity contribution in [2.24, 2.45) is 5.73 Å². The highest BCUT2D eigenvalue weighted by molar-refractivity contribution is 5.73. The molecular formula is C14H28N2O5. The molecule has 0 aromatic rings. The van der Waals surface area contributed by atoms with Crippen LogP contribution in [0.4, 0.5) is 0 Å². The maximum absolute atomic E-state index is 11.3. The fraction of sp³-hybridized carbons (Fsp3) is 0.929. The van der Waals surface area contributed by atoms with Crippen LogP contribution in [0.25, 0.3) is 0 Å². The van der Waals surface area contributed by atoms with Crippen LogP contribution in [0.15, 0.2) is 0 Å². The van der Waals surface area contributed by atoms with Crippen molar-refractivity contribution in [1.29, 1.82) is 0 Å². The molecule has 0 saturated carbocycles. The van der Waals surface area contributed by atoms with Crippen molar-refractivity contribution >= 4 is 5.91 Å². The summed E-state index contributed by atoms with van der Waals surface area (Å²) in [7, 11) is 0. The monoisotopic (exact) mass is 304 g/mol. The molecular weight excluding hydrogens is 276 g/mol. The molecule has 0 radical (unpaired) electrons. The molecule has 7 nitrogen and oxygen atoms in total. The van der Waals surface area contributed by atoms with Gasteiger partial charge in [0, 0.05) is 6.92 Å². The van der Waals surface area contributed by atoms with Crippen molar-refractivity contribution in [3.05, 3.63) is 0 Å². The summed E-state index contributed by atoms with van der Waals surface area (Å²) in [6.45, 7) is 1.66. The average molecular weight is 304 g/mol. The molecule has 21 heavy (non-hydrogen) atoms. The van der Waals surface area contributed by atoms with Crippen LogP contribution in [-0.4, -0.2) is 64.8 Å². The first-order valence-corrected chi connectivity index (χ1v) is 7.60. The van der Waals surface area contributed by atoms with Gasteiger partial charge in [0.15, 0.2) is 0 Å². The molecule has 124 valence electrons. The van der Waals surface area contributed by atoms with Crippen molar-refractivity contribution in [1.82, 2.24) is 5.32 Å². The minimum atomic E-state index is -1.21. The lowest BCUT2D eigenvalue weighted by Gasteiger charge is -2.42. The molecule has 1 aliphatic heterocycles. The van der Waals surface area contributed by atoms with E-state index in [9.17, 15) is 20.1 Å². The lowest BCUT2D eigenvalue weighted by Crippen LogP contribution is -2.63. The maximum Gasteiger partial charge on any atom is 0.217 e. The van der Waals surface area contributed by atoms with Gasteiger partial charge >= 0.3 is 0 Å². The van der Waals surface area contributed by atoms with E-state index in [1.54, 1.807) is 0 Å². The summed E-state index contributed by atoms with van der Waals surface area (Å²) >= 11 is 0. The molecule has 0 aromatic heterocycles. The van der Waals surface area contributed by atoms with E-state index in [0.717, 1.165) is 25.7 Å². The van der Waals surface area contributed by atoms with Gasteiger partial charge in [-0.05, 0) is 19.4 Å². The second-order valence-corrected chi connectivity index (χ2v) is 5.59. The van der Waals surface area contributed by atoms with E-state index < -0.39 is 30.5 Å². The van der Waals surface area contributed by atoms with Gasteiger partial charge in [0.1, 0.15) is 18.3 Å². The maximum atomic E-state index is 11.3. The van der Waals surface area contributed by atoms with Crippen molar-refractivity contribution < 1.29 is 24.9 Å². The zero-order chi connectivity index (χ0) is 15.8. The Hall–Kier alpha value is -0.730. The van der Waals surface area contributed by atoms with Gasteiger partial charge in [-0.1, -0.05) is 19.3 Å². The fourth-order valence-electron chi connectivity index (χ4n) is 2.70. The Morgan fingerprint density at radius 3 is 2.38 bits per heavy atom. The number of hydrogen-bond donors (Lipinski definition) is 5. The third kappa shape index (κ3) is 5.52. The first-order valence-electron chi connectivity index (χ1n) is 7.60. The third-order valence-electron chi connectivity index (χ3n) is 3.84. The van der Waals surface area contributed by atoms with Gasteiger partial charge in [0.2, 0.25) is 5.91 Å². The molecule has 1 heterocycles. The number of ether oxygens (including phenoxy) is 1. The largest absolute Gasteiger partial charge is 0.394 e. The Bertz CT molecular complexity index is 316. The van der Waals surface area contributed by atoms with Gasteiger partial charge in [-0.15, -0.1) is 0 Å². The predicted octanol–water partition coefficient (Wildman–Crippen LogP) is -1.12. The average Bonchev–Trinajstić information content (AvgIpc) is 2.45. The minimum absolute atomic E-state index is 0.287. The van der Waals surface area contributed by atoms with Crippen molar-refractivity contribution in [2.45, 2.75) is 69.5 Å². The molecule has 1 saturated heterocycles. The normalized spacial score (nSPS) is 32.9. The lowest BCUT2D eigenvalue weighted by atomic mass is 9.90. The number of rotatable bonds is 8. The van der Waals surface area contributed by atoms with E-state index in [4.69, 9.17) is 10.5 Å². The lowest BCUT2D eigenvalue weighted by molar-refractivity contribution is -0.196. The van der Waals surface area contributed by atoms with Crippen molar-refractivity contribution in [2.75, 3.05) is 13.2 Å². The van der Waals surface area contributed by atoms with E-state index in [2.05, 4.69) is 5.32 Å². The van der Waals surface area contributed by atoms with Gasteiger partial charge in [-0.2, -0.15) is 0 Å². The smallest absolute Gasteiger partial charge is 0.217 e. The van der Waals surface area contributed by atoms with Crippen molar-refractivity contribution in [3.63, 3.8) is 0 Å². The van der Waals surface area contributed by atoms with Crippen LogP contribution in [0.3, 0.4) is 0 Å². The number of aliphatic hydroxyl groups excluding tert-OH is 3. The van der Waals surface area contributed by atoms with Gasteiger partial charge < -0.3 is 31.1 Å². The quantitative estimate of drug-likeness (QED) is 0.362. The summed E-state index contributed by atoms with van der Waals surface area (Å²) in [5, 5.41) is 31.8. The molecule has 7 heteroatoms. The van der Waals surface area contributed by atoms with E-state index in [0.29, 0.717) is 13.0 Å². The summed E-state index contributed by atoms with van der Waals surface area (Å²) in [5.74, 6) is -0.287. The number of amides is 1. The number of nitrogens with two attached hydrogens (primary N) is 1. The standard InChI is InChI=1S/C14H28N2O5/c1-9(18)16-12-10(6-4-2-3-5-7-15)21-11(8-17)13(19)14(12)20/h10-14,17,19-20H,2-8,15H2,1H3,(H,16,18)/t10-,11-,12+,13+,14-/m1/s1. The molecule has 0 unspecified atom stereocenters. The minimum Gasteiger partial charge on any atom is -0.394 e. The number of carbonyl (C=O) groups excluding carboxylic acids is 1. The molecule has 0 spiro atoms. The van der Waals surface area contributed by atoms with E-state index in [1.807, 2.05) is 0 Å². The van der Waals surface area contributed by atoms with E-state index in [-0.39, 0.29) is 12.5 Å². The second kappa shape index (κ2) is 9.32. The summed E-state index contributed by atoms with van der Waals surface area (Å²) in [4.78, 5) is 11.3. The Morgan fingerprint density at radius 2 is 1.81 bits per heavy atom. The molecule has 0 aromatic carbocycles. The second-order valence-electron chi connectivity index (χ2n) is 5.59. The van der Waals surface area contributed by atoms with Crippen LogP contribution >= 0.6 is 0 Å². The number of unbranched alkanes of at least 4 members (excludes halogenated alkanes) is 3. The zero-order valence-electron chi connectivity index (χ0n) is 12.6. The molecule has 5 atom stereocenters. The number of nitrogens with one attached hydrogen (secondary N) is 1. The summed E-state index contributed by atoms with van der Waals surface area (Å²) < 4.78 is 5.64. The van der Waals surface area contributed by atoms with Gasteiger partial charge in [0.05, 0.1) is 18.8 Å². The van der Waals surface area contributed by atoms with Crippen LogP contribution < -0.4 is 11.1 Å². The summed E-state index contributed by atoms with van der Waals surface area (Å²) in [6.07, 6.45) is 0.934. The highest BCUT2D eigenvalue weighted by atomic mass is 16.5. The van der Waals surface area contributed by atoms with Crippen LogP contribution in [0.5, 0.6) is 0 Å². The molecule has 1 aliphatic rings. The number of aliphatic hydroxyl groups is 3. The summed E-state index contributed by atoms with van der Waals surface area (Å²) in [5.41, 5.74) is 5.44. The molecule has 1 fully saturated rings. The third-order valence-corrected chi connectivity index (χ3v) is 3.84. The predicted molar refractivity (Wildman–Crippen MR) is 77.5 cm³/mol. The Kier molecular flexibility index (Phi) is 8.13. The van der Waals surface area contributed by atoms with Gasteiger partial charge in [0.25, 0.3) is 0 Å². The van der Waals surface area contributed by atoms with Gasteiger partial charge in [-0.3, -0.25) is 4.79 Å². The van der Waals surface area contributed by atoms with E-state index >= 15 is 0 Å². The molecule has 1 rings (SSSR count). The van der Waals surface area contributed by atoms with E-state index in [1.165, 1.54) is 6.92 Å². The first kappa shape index (κ1) is 18.3. The molecule has 6 N–H and O–H groups in total. The number of carbonyl (C=O) groups is 1. The number of hydrogen-bond acceptors (Lipinski definition) is 6. The van der Waals surface area contributed by atoms with Crippen LogP contribution in [0.2, 0.25) is 0 Å². The molecule has 1 amide bonds. The molecule has 0 aliphatic carbocycles. The Labute approximate surface area is 125 Å². The van der Waals surface area contributed by atoms with Crippen molar-refractivity contribution in [3.8, 4) is 0 Å². The van der Waals surface area contributed by atoms with Crippen LogP contribution in [0.1, 0.15) is 39.0 Å². The van der Waals surface area contributed by atoms with Crippen LogP contribution in [-0.2, 0) is 9.53 Å². The highest BCUT2D eigenvalue weighted by Gasteiger charge is 2.44. The highest BCUT2D eigenvalue weighted by Crippen LogP contribution is 2.25. The Balaban J connectivity index is 2.58. The summed E-state index contributed by atoms with van der Waals surface area (Å²) in [6, 6.07) is -0.658. The first-order chi connectivity index (χ1) is 10.0. The fourth-order valence-corrected chi connectivity index (χ4v) is 2.70. The van der Waals surface area contributed by atoms with Crippen LogP contribution in [0, 0.1) is 0 Å².